The van der Waals surface area contributed by atoms with Crippen LogP contribution in [0.15, 0.2) is 29.2 Å². The Morgan fingerprint density at radius 1 is 1.40 bits per heavy atom. The minimum Gasteiger partial charge on any atom is -0.211 e. The lowest BCUT2D eigenvalue weighted by Gasteiger charge is -2.05. The number of benzene rings is 1. The summed E-state index contributed by atoms with van der Waals surface area (Å²) in [7, 11) is -3.60. The van der Waals surface area contributed by atoms with E-state index in [2.05, 4.69) is 4.72 Å². The van der Waals surface area contributed by atoms with Crippen molar-refractivity contribution in [1.82, 2.24) is 4.72 Å². The molecule has 1 N–H and O–H groups in total. The summed E-state index contributed by atoms with van der Waals surface area (Å²) in [6, 6.07) is 4.86. The van der Waals surface area contributed by atoms with Crippen LogP contribution in [0.1, 0.15) is 6.42 Å². The van der Waals surface area contributed by atoms with Crippen molar-refractivity contribution in [2.24, 2.45) is 0 Å². The van der Waals surface area contributed by atoms with Gasteiger partial charge in [-0.05, 0) is 24.6 Å². The van der Waals surface area contributed by atoms with Gasteiger partial charge in [0.2, 0.25) is 10.0 Å². The Hall–Kier alpha value is -0.650. The molecule has 15 heavy (non-hydrogen) atoms. The van der Waals surface area contributed by atoms with Crippen LogP contribution in [-0.4, -0.2) is 20.8 Å². The van der Waals surface area contributed by atoms with Crippen molar-refractivity contribution in [3.8, 4) is 0 Å². The fraction of sp³-hybridized carbons (Fsp3) is 0.333. The zero-order valence-corrected chi connectivity index (χ0v) is 9.48. The van der Waals surface area contributed by atoms with Gasteiger partial charge in [-0.25, -0.2) is 17.5 Å². The first kappa shape index (κ1) is 12.4. The average Bonchev–Trinajstić information content (AvgIpc) is 2.18. The number of nitrogens with one attached hydrogen (secondary N) is 1. The maximum absolute atomic E-state index is 12.8. The molecule has 0 aliphatic rings. The van der Waals surface area contributed by atoms with Gasteiger partial charge < -0.3 is 0 Å². The maximum Gasteiger partial charge on any atom is 0.240 e. The molecule has 0 bridgehead atoms. The van der Waals surface area contributed by atoms with Crippen LogP contribution in [-0.2, 0) is 10.0 Å². The van der Waals surface area contributed by atoms with Crippen LogP contribution in [0.4, 0.5) is 4.39 Å². The zero-order chi connectivity index (χ0) is 11.3. The molecule has 0 amide bonds. The molecule has 0 spiro atoms. The fourth-order valence-electron chi connectivity index (χ4n) is 0.991. The summed E-state index contributed by atoms with van der Waals surface area (Å²) < 4.78 is 38.2. The van der Waals surface area contributed by atoms with Gasteiger partial charge in [0.15, 0.2) is 0 Å². The third-order valence-electron chi connectivity index (χ3n) is 1.71. The number of alkyl halides is 1. The van der Waals surface area contributed by atoms with Crippen LogP contribution in [0.3, 0.4) is 0 Å². The third-order valence-corrected chi connectivity index (χ3v) is 3.43. The Labute approximate surface area is 93.3 Å². The molecule has 1 aromatic rings. The van der Waals surface area contributed by atoms with Gasteiger partial charge in [0.1, 0.15) is 5.82 Å². The highest BCUT2D eigenvalue weighted by atomic mass is 35.5. The van der Waals surface area contributed by atoms with Gasteiger partial charge >= 0.3 is 0 Å². The van der Waals surface area contributed by atoms with Crippen molar-refractivity contribution < 1.29 is 12.8 Å². The molecule has 84 valence electrons. The average molecular weight is 252 g/mol. The first-order chi connectivity index (χ1) is 7.06. The first-order valence-corrected chi connectivity index (χ1v) is 6.39. The van der Waals surface area contributed by atoms with E-state index >= 15 is 0 Å². The summed E-state index contributed by atoms with van der Waals surface area (Å²) >= 11 is 5.41. The van der Waals surface area contributed by atoms with Crippen LogP contribution in [0.5, 0.6) is 0 Å². The molecule has 0 atom stereocenters. The summed E-state index contributed by atoms with van der Waals surface area (Å²) in [5.41, 5.74) is 0. The second kappa shape index (κ2) is 5.44. The van der Waals surface area contributed by atoms with Gasteiger partial charge in [-0.3, -0.25) is 0 Å². The van der Waals surface area contributed by atoms with Gasteiger partial charge in [0, 0.05) is 12.4 Å². The minimum absolute atomic E-state index is 0.0722. The van der Waals surface area contributed by atoms with Crippen molar-refractivity contribution in [1.29, 1.82) is 0 Å². The predicted molar refractivity (Wildman–Crippen MR) is 56.9 cm³/mol. The summed E-state index contributed by atoms with van der Waals surface area (Å²) in [6.07, 6.45) is 0.538. The Morgan fingerprint density at radius 2 is 2.13 bits per heavy atom. The fourth-order valence-corrected chi connectivity index (χ4v) is 2.23. The molecular weight excluding hydrogens is 241 g/mol. The number of sulfonamides is 1. The highest BCUT2D eigenvalue weighted by Crippen LogP contribution is 2.09. The number of rotatable bonds is 5. The summed E-state index contributed by atoms with van der Waals surface area (Å²) in [4.78, 5) is -0.0722. The van der Waals surface area contributed by atoms with E-state index in [1.54, 1.807) is 0 Å². The standard InChI is InChI=1S/C9H11ClFNO2S/c10-5-2-6-12-15(13,14)9-4-1-3-8(11)7-9/h1,3-4,7,12H,2,5-6H2. The molecule has 0 unspecified atom stereocenters. The van der Waals surface area contributed by atoms with E-state index in [0.717, 1.165) is 6.07 Å². The molecule has 0 radical (unpaired) electrons. The summed E-state index contributed by atoms with van der Waals surface area (Å²) in [6.45, 7) is 0.252. The van der Waals surface area contributed by atoms with Gasteiger partial charge in [-0.2, -0.15) is 0 Å². The Bertz CT molecular complexity index is 422. The third kappa shape index (κ3) is 3.77. The molecule has 1 rings (SSSR count). The molecule has 0 aliphatic heterocycles. The number of hydrogen-bond donors (Lipinski definition) is 1. The molecule has 6 heteroatoms. The quantitative estimate of drug-likeness (QED) is 0.640. The van der Waals surface area contributed by atoms with Crippen molar-refractivity contribution in [2.45, 2.75) is 11.3 Å². The lowest BCUT2D eigenvalue weighted by Crippen LogP contribution is -2.25. The van der Waals surface area contributed by atoms with Crippen LogP contribution in [0.2, 0.25) is 0 Å². The molecule has 0 saturated heterocycles. The van der Waals surface area contributed by atoms with Crippen LogP contribution < -0.4 is 4.72 Å². The molecule has 0 aromatic heterocycles. The Kier molecular flexibility index (Phi) is 4.50. The topological polar surface area (TPSA) is 46.2 Å². The minimum atomic E-state index is -3.60. The largest absolute Gasteiger partial charge is 0.240 e. The maximum atomic E-state index is 12.8. The van der Waals surface area contributed by atoms with E-state index in [-0.39, 0.29) is 11.4 Å². The smallest absolute Gasteiger partial charge is 0.211 e. The molecule has 1 aromatic carbocycles. The van der Waals surface area contributed by atoms with E-state index in [4.69, 9.17) is 11.6 Å². The highest BCUT2D eigenvalue weighted by Gasteiger charge is 2.13. The molecule has 3 nitrogen and oxygen atoms in total. The van der Waals surface area contributed by atoms with Gasteiger partial charge in [-0.15, -0.1) is 11.6 Å². The van der Waals surface area contributed by atoms with Crippen molar-refractivity contribution in [3.63, 3.8) is 0 Å². The summed E-state index contributed by atoms with van der Waals surface area (Å²) in [5, 5.41) is 0. The molecule has 0 fully saturated rings. The Morgan fingerprint density at radius 3 is 2.73 bits per heavy atom. The van der Waals surface area contributed by atoms with E-state index in [9.17, 15) is 12.8 Å². The van der Waals surface area contributed by atoms with Crippen LogP contribution in [0, 0.1) is 5.82 Å². The van der Waals surface area contributed by atoms with Crippen molar-refractivity contribution in [2.75, 3.05) is 12.4 Å². The van der Waals surface area contributed by atoms with Crippen LogP contribution in [0.25, 0.3) is 0 Å². The molecular formula is C9H11ClFNO2S. The lowest BCUT2D eigenvalue weighted by atomic mass is 10.4. The SMILES string of the molecule is O=S(=O)(NCCCCl)c1cccc(F)c1. The second-order valence-electron chi connectivity index (χ2n) is 2.90. The second-order valence-corrected chi connectivity index (χ2v) is 5.04. The van der Waals surface area contributed by atoms with Crippen molar-refractivity contribution >= 4 is 21.6 Å². The van der Waals surface area contributed by atoms with Gasteiger partial charge in [0.05, 0.1) is 4.90 Å². The van der Waals surface area contributed by atoms with Crippen LogP contribution >= 0.6 is 11.6 Å². The lowest BCUT2D eigenvalue weighted by molar-refractivity contribution is 0.577. The van der Waals surface area contributed by atoms with E-state index in [1.165, 1.54) is 18.2 Å². The van der Waals surface area contributed by atoms with E-state index in [0.29, 0.717) is 12.3 Å². The summed E-state index contributed by atoms with van der Waals surface area (Å²) in [5.74, 6) is -0.193. The predicted octanol–water partition coefficient (Wildman–Crippen LogP) is 1.73. The Balaban J connectivity index is 2.77. The normalized spacial score (nSPS) is 11.6. The monoisotopic (exact) mass is 251 g/mol. The first-order valence-electron chi connectivity index (χ1n) is 4.37. The highest BCUT2D eigenvalue weighted by molar-refractivity contribution is 7.89. The molecule has 0 saturated carbocycles. The van der Waals surface area contributed by atoms with Gasteiger partial charge in [0.25, 0.3) is 0 Å². The zero-order valence-electron chi connectivity index (χ0n) is 7.91. The number of hydrogen-bond acceptors (Lipinski definition) is 2. The molecule has 0 heterocycles. The van der Waals surface area contributed by atoms with E-state index < -0.39 is 15.8 Å². The number of halogens is 2. The van der Waals surface area contributed by atoms with Crippen molar-refractivity contribution in [3.05, 3.63) is 30.1 Å². The van der Waals surface area contributed by atoms with Gasteiger partial charge in [-0.1, -0.05) is 6.07 Å². The van der Waals surface area contributed by atoms with E-state index in [1.807, 2.05) is 0 Å². The molecule has 0 aliphatic carbocycles.